The zero-order chi connectivity index (χ0) is 10.8. The third-order valence-corrected chi connectivity index (χ3v) is 2.37. The van der Waals surface area contributed by atoms with E-state index in [1.165, 1.54) is 0 Å². The van der Waals surface area contributed by atoms with Crippen LogP contribution >= 0.6 is 11.6 Å². The first-order valence-corrected chi connectivity index (χ1v) is 4.93. The molecule has 0 aliphatic rings. The summed E-state index contributed by atoms with van der Waals surface area (Å²) in [5, 5.41) is 11.9. The second-order valence-electron chi connectivity index (χ2n) is 3.07. The minimum atomic E-state index is 0.575. The van der Waals surface area contributed by atoms with E-state index in [4.69, 9.17) is 17.3 Å². The summed E-state index contributed by atoms with van der Waals surface area (Å²) in [5.41, 5.74) is 7.02. The van der Waals surface area contributed by atoms with E-state index in [-0.39, 0.29) is 0 Å². The summed E-state index contributed by atoms with van der Waals surface area (Å²) in [6.07, 6.45) is 0.734. The lowest BCUT2D eigenvalue weighted by Gasteiger charge is -2.05. The molecule has 2 N–H and O–H groups in total. The molecule has 0 saturated heterocycles. The van der Waals surface area contributed by atoms with Crippen molar-refractivity contribution < 1.29 is 0 Å². The quantitative estimate of drug-likeness (QED) is 0.783. The normalized spacial score (nSPS) is 10.5. The topological polar surface area (TPSA) is 69.6 Å². The molecule has 2 aromatic rings. The Morgan fingerprint density at radius 1 is 1.47 bits per heavy atom. The minimum absolute atomic E-state index is 0.575. The summed E-state index contributed by atoms with van der Waals surface area (Å²) >= 11 is 6.04. The summed E-state index contributed by atoms with van der Waals surface area (Å²) in [6, 6.07) is 5.22. The Bertz CT molecular complexity index is 479. The Labute approximate surface area is 91.8 Å². The van der Waals surface area contributed by atoms with Gasteiger partial charge in [-0.2, -0.15) is 4.68 Å². The average molecular weight is 224 g/mol. The molecule has 0 amide bonds. The van der Waals surface area contributed by atoms with Crippen molar-refractivity contribution in [2.45, 2.75) is 13.3 Å². The van der Waals surface area contributed by atoms with E-state index in [0.29, 0.717) is 16.4 Å². The van der Waals surface area contributed by atoms with Crippen molar-refractivity contribution in [1.82, 2.24) is 20.2 Å². The summed E-state index contributed by atoms with van der Waals surface area (Å²) in [4.78, 5) is 0. The van der Waals surface area contributed by atoms with Crippen molar-refractivity contribution in [3.8, 4) is 5.69 Å². The number of tetrazole rings is 1. The second-order valence-corrected chi connectivity index (χ2v) is 3.48. The van der Waals surface area contributed by atoms with Gasteiger partial charge >= 0.3 is 0 Å². The number of benzene rings is 1. The van der Waals surface area contributed by atoms with Crippen molar-refractivity contribution in [2.75, 3.05) is 5.73 Å². The maximum Gasteiger partial charge on any atom is 0.156 e. The molecule has 0 saturated carbocycles. The van der Waals surface area contributed by atoms with Crippen LogP contribution in [-0.2, 0) is 6.42 Å². The monoisotopic (exact) mass is 223 g/mol. The van der Waals surface area contributed by atoms with Crippen LogP contribution in [0.4, 0.5) is 5.69 Å². The Kier molecular flexibility index (Phi) is 2.55. The predicted molar refractivity (Wildman–Crippen MR) is 58.0 cm³/mol. The van der Waals surface area contributed by atoms with E-state index in [1.54, 1.807) is 22.9 Å². The molecule has 0 atom stereocenters. The number of halogens is 1. The van der Waals surface area contributed by atoms with Gasteiger partial charge in [-0.1, -0.05) is 18.5 Å². The number of nitrogens with zero attached hydrogens (tertiary/aromatic N) is 4. The zero-order valence-corrected chi connectivity index (χ0v) is 8.94. The molecule has 0 radical (unpaired) electrons. The molecule has 1 aromatic heterocycles. The average Bonchev–Trinajstić information content (AvgIpc) is 2.69. The number of anilines is 1. The molecule has 6 heteroatoms. The fraction of sp³-hybridized carbons (Fsp3) is 0.222. The van der Waals surface area contributed by atoms with Crippen molar-refractivity contribution in [3.05, 3.63) is 29.0 Å². The van der Waals surface area contributed by atoms with E-state index in [1.807, 2.05) is 6.92 Å². The van der Waals surface area contributed by atoms with E-state index in [0.717, 1.165) is 12.2 Å². The number of aromatic nitrogens is 4. The highest BCUT2D eigenvalue weighted by molar-refractivity contribution is 6.32. The highest BCUT2D eigenvalue weighted by Crippen LogP contribution is 2.22. The first kappa shape index (κ1) is 9.92. The van der Waals surface area contributed by atoms with E-state index in [2.05, 4.69) is 15.5 Å². The summed E-state index contributed by atoms with van der Waals surface area (Å²) in [7, 11) is 0. The molecule has 0 fully saturated rings. The Morgan fingerprint density at radius 3 is 3.00 bits per heavy atom. The highest BCUT2D eigenvalue weighted by atomic mass is 35.5. The molecule has 5 nitrogen and oxygen atoms in total. The van der Waals surface area contributed by atoms with Crippen molar-refractivity contribution in [2.24, 2.45) is 0 Å². The number of rotatable bonds is 2. The van der Waals surface area contributed by atoms with Crippen molar-refractivity contribution in [1.29, 1.82) is 0 Å². The van der Waals surface area contributed by atoms with Crippen LogP contribution in [0.3, 0.4) is 0 Å². The molecular weight excluding hydrogens is 214 g/mol. The van der Waals surface area contributed by atoms with Gasteiger partial charge in [0.05, 0.1) is 10.7 Å². The van der Waals surface area contributed by atoms with Gasteiger partial charge in [0.25, 0.3) is 0 Å². The summed E-state index contributed by atoms with van der Waals surface area (Å²) in [5.74, 6) is 0.752. The van der Waals surface area contributed by atoms with Crippen LogP contribution in [0.2, 0.25) is 5.02 Å². The molecule has 0 aliphatic heterocycles. The minimum Gasteiger partial charge on any atom is -0.399 e. The standard InChI is InChI=1S/C9H10ClN5/c1-2-9-12-13-14-15(9)8-5-6(11)3-4-7(8)10/h3-5H,2,11H2,1H3. The van der Waals surface area contributed by atoms with Crippen LogP contribution in [0.25, 0.3) is 5.69 Å². The highest BCUT2D eigenvalue weighted by Gasteiger charge is 2.09. The number of hydrogen-bond donors (Lipinski definition) is 1. The maximum atomic E-state index is 6.04. The summed E-state index contributed by atoms with van der Waals surface area (Å²) < 4.78 is 1.60. The van der Waals surface area contributed by atoms with Gasteiger partial charge in [-0.3, -0.25) is 0 Å². The van der Waals surface area contributed by atoms with Gasteiger partial charge < -0.3 is 5.73 Å². The van der Waals surface area contributed by atoms with E-state index in [9.17, 15) is 0 Å². The van der Waals surface area contributed by atoms with Gasteiger partial charge in [0, 0.05) is 12.1 Å². The largest absolute Gasteiger partial charge is 0.399 e. The Morgan fingerprint density at radius 2 is 2.27 bits per heavy atom. The molecular formula is C9H10ClN5. The molecule has 1 aromatic carbocycles. The lowest BCUT2D eigenvalue weighted by molar-refractivity contribution is 0.767. The van der Waals surface area contributed by atoms with Crippen LogP contribution in [0.5, 0.6) is 0 Å². The molecule has 2 rings (SSSR count). The molecule has 1 heterocycles. The van der Waals surface area contributed by atoms with Crippen LogP contribution in [-0.4, -0.2) is 20.2 Å². The van der Waals surface area contributed by atoms with Crippen LogP contribution in [0.1, 0.15) is 12.7 Å². The third-order valence-electron chi connectivity index (χ3n) is 2.05. The molecule has 15 heavy (non-hydrogen) atoms. The number of hydrogen-bond acceptors (Lipinski definition) is 4. The van der Waals surface area contributed by atoms with E-state index >= 15 is 0 Å². The van der Waals surface area contributed by atoms with Gasteiger partial charge in [0.15, 0.2) is 5.82 Å². The maximum absolute atomic E-state index is 6.04. The fourth-order valence-electron chi connectivity index (χ4n) is 1.31. The Hall–Kier alpha value is -1.62. The van der Waals surface area contributed by atoms with Crippen molar-refractivity contribution >= 4 is 17.3 Å². The van der Waals surface area contributed by atoms with Gasteiger partial charge in [-0.05, 0) is 28.6 Å². The molecule has 0 aliphatic carbocycles. The van der Waals surface area contributed by atoms with Gasteiger partial charge in [-0.25, -0.2) is 0 Å². The molecule has 78 valence electrons. The number of nitrogen functional groups attached to an aromatic ring is 1. The van der Waals surface area contributed by atoms with Crippen molar-refractivity contribution in [3.63, 3.8) is 0 Å². The predicted octanol–water partition coefficient (Wildman–Crippen LogP) is 1.46. The molecule has 0 spiro atoms. The Balaban J connectivity index is 2.58. The smallest absolute Gasteiger partial charge is 0.156 e. The van der Waals surface area contributed by atoms with E-state index < -0.39 is 0 Å². The number of aryl methyl sites for hydroxylation is 1. The van der Waals surface area contributed by atoms with Crippen LogP contribution in [0, 0.1) is 0 Å². The van der Waals surface area contributed by atoms with Crippen LogP contribution < -0.4 is 5.73 Å². The van der Waals surface area contributed by atoms with Gasteiger partial charge in [0.1, 0.15) is 0 Å². The number of nitrogens with two attached hydrogens (primary N) is 1. The zero-order valence-electron chi connectivity index (χ0n) is 8.18. The summed E-state index contributed by atoms with van der Waals surface area (Å²) in [6.45, 7) is 1.97. The van der Waals surface area contributed by atoms with Gasteiger partial charge in [-0.15, -0.1) is 5.10 Å². The third kappa shape index (κ3) is 1.78. The van der Waals surface area contributed by atoms with Gasteiger partial charge in [0.2, 0.25) is 0 Å². The fourth-order valence-corrected chi connectivity index (χ4v) is 1.50. The SMILES string of the molecule is CCc1nnnn1-c1cc(N)ccc1Cl. The van der Waals surface area contributed by atoms with Crippen LogP contribution in [0.15, 0.2) is 18.2 Å². The molecule has 0 bridgehead atoms. The first-order chi connectivity index (χ1) is 7.22. The second kappa shape index (κ2) is 3.86. The lowest BCUT2D eigenvalue weighted by atomic mass is 10.3. The lowest BCUT2D eigenvalue weighted by Crippen LogP contribution is -2.03. The molecule has 0 unspecified atom stereocenters. The first-order valence-electron chi connectivity index (χ1n) is 4.55.